The van der Waals surface area contributed by atoms with E-state index in [2.05, 4.69) is 15.0 Å². The van der Waals surface area contributed by atoms with Crippen molar-refractivity contribution in [1.82, 2.24) is 15.0 Å². The van der Waals surface area contributed by atoms with Crippen molar-refractivity contribution in [2.45, 2.75) is 38.6 Å². The zero-order valence-electron chi connectivity index (χ0n) is 15.3. The summed E-state index contributed by atoms with van der Waals surface area (Å²) in [7, 11) is 0. The fraction of sp³-hybridized carbons (Fsp3) is 0.316. The van der Waals surface area contributed by atoms with Crippen LogP contribution in [0, 0.1) is 20.8 Å². The highest BCUT2D eigenvalue weighted by Gasteiger charge is 2.13. The summed E-state index contributed by atoms with van der Waals surface area (Å²) in [6, 6.07) is 7.65. The van der Waals surface area contributed by atoms with Crippen molar-refractivity contribution >= 4 is 11.8 Å². The van der Waals surface area contributed by atoms with Gasteiger partial charge in [0.1, 0.15) is 11.5 Å². The van der Waals surface area contributed by atoms with Crippen molar-refractivity contribution in [3.8, 4) is 17.2 Å². The first-order chi connectivity index (χ1) is 12.5. The Labute approximate surface area is 156 Å². The Bertz CT molecular complexity index is 961. The van der Waals surface area contributed by atoms with E-state index >= 15 is 0 Å². The molecule has 0 bridgehead atoms. The van der Waals surface area contributed by atoms with Gasteiger partial charge < -0.3 is 14.1 Å². The average Bonchev–Trinajstić information content (AvgIpc) is 2.99. The Morgan fingerprint density at radius 1 is 1.15 bits per heavy atom. The number of rotatable bonds is 6. The van der Waals surface area contributed by atoms with Crippen LogP contribution in [0.1, 0.15) is 29.6 Å². The molecule has 0 atom stereocenters. The number of aromatic amines is 1. The number of H-pyrrole nitrogens is 1. The number of nitrogens with one attached hydrogen (secondary N) is 1. The minimum absolute atomic E-state index is 0.105. The molecular weight excluding hydrogens is 350 g/mol. The van der Waals surface area contributed by atoms with E-state index in [4.69, 9.17) is 9.15 Å². The molecule has 0 aliphatic rings. The van der Waals surface area contributed by atoms with E-state index in [0.29, 0.717) is 29.0 Å². The van der Waals surface area contributed by atoms with Crippen molar-refractivity contribution in [2.24, 2.45) is 0 Å². The number of aryl methyl sites for hydroxylation is 2. The third kappa shape index (κ3) is 3.99. The predicted molar refractivity (Wildman–Crippen MR) is 102 cm³/mol. The van der Waals surface area contributed by atoms with E-state index in [0.717, 1.165) is 28.5 Å². The van der Waals surface area contributed by atoms with Gasteiger partial charge in [-0.05, 0) is 52.0 Å². The number of benzene rings is 1. The van der Waals surface area contributed by atoms with E-state index in [1.54, 1.807) is 6.92 Å². The molecule has 0 aliphatic carbocycles. The average molecular weight is 371 g/mol. The van der Waals surface area contributed by atoms with Crippen LogP contribution in [0.2, 0.25) is 0 Å². The Morgan fingerprint density at radius 3 is 2.54 bits per heavy atom. The lowest BCUT2D eigenvalue weighted by Crippen LogP contribution is -2.14. The van der Waals surface area contributed by atoms with Gasteiger partial charge in [-0.1, -0.05) is 11.8 Å². The fourth-order valence-corrected chi connectivity index (χ4v) is 3.28. The SMILES string of the molecule is CCOc1ccc(-c2nc(CSc3nc(C)c(C)c(=O)[nH]3)c(C)o2)cc1. The maximum atomic E-state index is 11.8. The monoisotopic (exact) mass is 371 g/mol. The highest BCUT2D eigenvalue weighted by Crippen LogP contribution is 2.27. The number of hydrogen-bond donors (Lipinski definition) is 1. The summed E-state index contributed by atoms with van der Waals surface area (Å²) < 4.78 is 11.2. The fourth-order valence-electron chi connectivity index (χ4n) is 2.37. The molecule has 0 saturated carbocycles. The molecular formula is C19H21N3O3S. The molecule has 6 nitrogen and oxygen atoms in total. The van der Waals surface area contributed by atoms with Crippen molar-refractivity contribution in [3.05, 3.63) is 57.3 Å². The van der Waals surface area contributed by atoms with Crippen LogP contribution >= 0.6 is 11.8 Å². The lowest BCUT2D eigenvalue weighted by Gasteiger charge is -2.03. The topological polar surface area (TPSA) is 81.0 Å². The van der Waals surface area contributed by atoms with Gasteiger partial charge in [0.15, 0.2) is 5.16 Å². The van der Waals surface area contributed by atoms with Gasteiger partial charge in [0.25, 0.3) is 5.56 Å². The maximum Gasteiger partial charge on any atom is 0.254 e. The first-order valence-corrected chi connectivity index (χ1v) is 9.36. The van der Waals surface area contributed by atoms with Crippen LogP contribution in [0.25, 0.3) is 11.5 Å². The first-order valence-electron chi connectivity index (χ1n) is 8.37. The Hall–Kier alpha value is -2.54. The molecule has 2 heterocycles. The molecule has 0 aliphatic heterocycles. The summed E-state index contributed by atoms with van der Waals surface area (Å²) in [4.78, 5) is 23.6. The normalized spacial score (nSPS) is 10.9. The van der Waals surface area contributed by atoms with Crippen molar-refractivity contribution in [3.63, 3.8) is 0 Å². The van der Waals surface area contributed by atoms with Crippen LogP contribution in [-0.4, -0.2) is 21.6 Å². The van der Waals surface area contributed by atoms with Crippen LogP contribution < -0.4 is 10.3 Å². The summed E-state index contributed by atoms with van der Waals surface area (Å²) in [5.41, 5.74) is 3.00. The van der Waals surface area contributed by atoms with Crippen LogP contribution in [-0.2, 0) is 5.75 Å². The van der Waals surface area contributed by atoms with E-state index in [9.17, 15) is 4.79 Å². The standard InChI is InChI=1S/C19H21N3O3S/c1-5-24-15-8-6-14(7-9-15)18-21-16(13(4)25-18)10-26-19-20-12(3)11(2)17(23)22-19/h6-9H,5,10H2,1-4H3,(H,20,22,23). The van der Waals surface area contributed by atoms with E-state index < -0.39 is 0 Å². The molecule has 0 amide bonds. The maximum absolute atomic E-state index is 11.8. The summed E-state index contributed by atoms with van der Waals surface area (Å²) in [6.07, 6.45) is 0. The van der Waals surface area contributed by atoms with Gasteiger partial charge in [-0.15, -0.1) is 0 Å². The second kappa shape index (κ2) is 7.78. The van der Waals surface area contributed by atoms with Gasteiger partial charge in [0, 0.05) is 22.6 Å². The molecule has 0 saturated heterocycles. The zero-order chi connectivity index (χ0) is 18.7. The minimum Gasteiger partial charge on any atom is -0.494 e. The Kier molecular flexibility index (Phi) is 5.46. The third-order valence-corrected chi connectivity index (χ3v) is 4.91. The Balaban J connectivity index is 1.75. The molecule has 0 spiro atoms. The third-order valence-electron chi connectivity index (χ3n) is 4.02. The number of ether oxygens (including phenoxy) is 1. The number of thioether (sulfide) groups is 1. The molecule has 1 aromatic carbocycles. The number of aromatic nitrogens is 3. The lowest BCUT2D eigenvalue weighted by atomic mass is 10.2. The van der Waals surface area contributed by atoms with E-state index in [1.807, 2.05) is 45.0 Å². The molecule has 136 valence electrons. The van der Waals surface area contributed by atoms with Crippen LogP contribution in [0.5, 0.6) is 5.75 Å². The largest absolute Gasteiger partial charge is 0.494 e. The second-order valence-corrected chi connectivity index (χ2v) is 6.81. The smallest absolute Gasteiger partial charge is 0.254 e. The number of oxazole rings is 1. The lowest BCUT2D eigenvalue weighted by molar-refractivity contribution is 0.340. The molecule has 0 unspecified atom stereocenters. The molecule has 0 fully saturated rings. The van der Waals surface area contributed by atoms with Gasteiger partial charge in [-0.3, -0.25) is 4.79 Å². The van der Waals surface area contributed by atoms with Crippen molar-refractivity contribution in [1.29, 1.82) is 0 Å². The highest BCUT2D eigenvalue weighted by molar-refractivity contribution is 7.98. The van der Waals surface area contributed by atoms with Crippen molar-refractivity contribution < 1.29 is 9.15 Å². The summed E-state index contributed by atoms with van der Waals surface area (Å²) in [5.74, 6) is 2.72. The predicted octanol–water partition coefficient (Wildman–Crippen LogP) is 4.04. The minimum atomic E-state index is -0.105. The van der Waals surface area contributed by atoms with Gasteiger partial charge in [0.05, 0.1) is 12.3 Å². The number of nitrogens with zero attached hydrogens (tertiary/aromatic N) is 2. The van der Waals surface area contributed by atoms with Crippen molar-refractivity contribution in [2.75, 3.05) is 6.61 Å². The summed E-state index contributed by atoms with van der Waals surface area (Å²) in [5, 5.41) is 0.586. The summed E-state index contributed by atoms with van der Waals surface area (Å²) >= 11 is 1.43. The zero-order valence-corrected chi connectivity index (χ0v) is 16.1. The molecule has 26 heavy (non-hydrogen) atoms. The molecule has 0 radical (unpaired) electrons. The van der Waals surface area contributed by atoms with Gasteiger partial charge in [-0.2, -0.15) is 0 Å². The first kappa shape index (κ1) is 18.3. The van der Waals surface area contributed by atoms with E-state index in [1.165, 1.54) is 11.8 Å². The Morgan fingerprint density at radius 2 is 1.88 bits per heavy atom. The second-order valence-electron chi connectivity index (χ2n) is 5.85. The molecule has 7 heteroatoms. The highest BCUT2D eigenvalue weighted by atomic mass is 32.2. The van der Waals surface area contributed by atoms with Crippen LogP contribution in [0.3, 0.4) is 0 Å². The quantitative estimate of drug-likeness (QED) is 0.520. The number of hydrogen-bond acceptors (Lipinski definition) is 6. The van der Waals surface area contributed by atoms with Gasteiger partial charge >= 0.3 is 0 Å². The van der Waals surface area contributed by atoms with Crippen LogP contribution in [0.15, 0.2) is 38.6 Å². The van der Waals surface area contributed by atoms with Crippen LogP contribution in [0.4, 0.5) is 0 Å². The van der Waals surface area contributed by atoms with E-state index in [-0.39, 0.29) is 5.56 Å². The van der Waals surface area contributed by atoms with Gasteiger partial charge in [0.2, 0.25) is 5.89 Å². The molecule has 3 rings (SSSR count). The molecule has 3 aromatic rings. The van der Waals surface area contributed by atoms with Gasteiger partial charge in [-0.25, -0.2) is 9.97 Å². The summed E-state index contributed by atoms with van der Waals surface area (Å²) in [6.45, 7) is 8.07. The molecule has 2 aromatic heterocycles. The molecule has 1 N–H and O–H groups in total.